The van der Waals surface area contributed by atoms with Crippen LogP contribution in [-0.2, 0) is 17.7 Å². The molecular weight excluding hydrogens is 288 g/mol. The van der Waals surface area contributed by atoms with E-state index in [0.29, 0.717) is 34.7 Å². The van der Waals surface area contributed by atoms with Crippen molar-refractivity contribution in [2.75, 3.05) is 19.5 Å². The van der Waals surface area contributed by atoms with Crippen LogP contribution in [0.15, 0.2) is 11.6 Å². The molecule has 8 heteroatoms. The van der Waals surface area contributed by atoms with Crippen LogP contribution in [0.2, 0.25) is 5.02 Å². The lowest BCUT2D eigenvalue weighted by atomic mass is 10.2. The van der Waals surface area contributed by atoms with E-state index >= 15 is 0 Å². The molecule has 0 fully saturated rings. The van der Waals surface area contributed by atoms with Crippen LogP contribution in [0.5, 0.6) is 0 Å². The van der Waals surface area contributed by atoms with E-state index in [-0.39, 0.29) is 12.2 Å². The van der Waals surface area contributed by atoms with E-state index in [9.17, 15) is 4.79 Å². The van der Waals surface area contributed by atoms with Gasteiger partial charge in [-0.2, -0.15) is 5.10 Å². The average Bonchev–Trinajstić information content (AvgIpc) is 2.93. The number of ether oxygens (including phenoxy) is 1. The Hall–Kier alpha value is -1.44. The molecule has 0 aliphatic heterocycles. The van der Waals surface area contributed by atoms with Gasteiger partial charge in [0, 0.05) is 12.5 Å². The number of nitrogens with zero attached hydrogens (tertiary/aromatic N) is 3. The Bertz CT molecular complexity index is 581. The lowest BCUT2D eigenvalue weighted by molar-refractivity contribution is 0.0978. The molecule has 2 aromatic rings. The molecule has 6 nitrogen and oxygen atoms in total. The quantitative estimate of drug-likeness (QED) is 0.820. The topological polar surface area (TPSA) is 83.0 Å². The molecule has 0 amide bonds. The van der Waals surface area contributed by atoms with Crippen LogP contribution in [0.3, 0.4) is 0 Å². The van der Waals surface area contributed by atoms with Crippen molar-refractivity contribution < 1.29 is 9.53 Å². The number of Topliss-reactive ketones (excluding diaryl/α,β-unsaturated/α-hetero) is 1. The van der Waals surface area contributed by atoms with Crippen LogP contribution >= 0.6 is 22.9 Å². The van der Waals surface area contributed by atoms with E-state index < -0.39 is 0 Å². The molecule has 0 saturated carbocycles. The van der Waals surface area contributed by atoms with E-state index in [1.807, 2.05) is 0 Å². The second-order valence-corrected chi connectivity index (χ2v) is 5.13. The smallest absolute Gasteiger partial charge is 0.188 e. The predicted molar refractivity (Wildman–Crippen MR) is 73.7 cm³/mol. The second-order valence-electron chi connectivity index (χ2n) is 3.83. The molecule has 2 aromatic heterocycles. The van der Waals surface area contributed by atoms with Gasteiger partial charge in [-0.15, -0.1) is 11.3 Å². The molecule has 2 rings (SSSR count). The molecule has 0 aliphatic carbocycles. The van der Waals surface area contributed by atoms with Gasteiger partial charge in [0.1, 0.15) is 5.69 Å². The Labute approximate surface area is 119 Å². The lowest BCUT2D eigenvalue weighted by Gasteiger charge is -2.05. The summed E-state index contributed by atoms with van der Waals surface area (Å²) in [6.45, 7) is 0.936. The zero-order valence-corrected chi connectivity index (χ0v) is 11.9. The number of ketones is 1. The molecule has 0 spiro atoms. The van der Waals surface area contributed by atoms with Gasteiger partial charge in [0.2, 0.25) is 0 Å². The minimum absolute atomic E-state index is 0.135. The fraction of sp³-hybridized carbons (Fsp3) is 0.364. The molecule has 0 saturated heterocycles. The highest BCUT2D eigenvalue weighted by molar-refractivity contribution is 7.13. The van der Waals surface area contributed by atoms with Gasteiger partial charge < -0.3 is 10.5 Å². The van der Waals surface area contributed by atoms with Crippen molar-refractivity contribution in [2.45, 2.75) is 13.0 Å². The zero-order valence-electron chi connectivity index (χ0n) is 10.3. The van der Waals surface area contributed by atoms with Crippen LogP contribution in [0.25, 0.3) is 0 Å². The summed E-state index contributed by atoms with van der Waals surface area (Å²) >= 11 is 7.31. The maximum Gasteiger partial charge on any atom is 0.188 e. The van der Waals surface area contributed by atoms with Gasteiger partial charge in [0.25, 0.3) is 0 Å². The van der Waals surface area contributed by atoms with Crippen molar-refractivity contribution in [1.82, 2.24) is 14.8 Å². The van der Waals surface area contributed by atoms with Crippen molar-refractivity contribution in [3.8, 4) is 0 Å². The summed E-state index contributed by atoms with van der Waals surface area (Å²) in [5.41, 5.74) is 6.56. The Kier molecular flexibility index (Phi) is 4.52. The van der Waals surface area contributed by atoms with E-state index in [2.05, 4.69) is 10.1 Å². The van der Waals surface area contributed by atoms with Gasteiger partial charge in [-0.3, -0.25) is 9.48 Å². The molecule has 19 heavy (non-hydrogen) atoms. The number of hydrogen-bond acceptors (Lipinski definition) is 6. The highest BCUT2D eigenvalue weighted by atomic mass is 35.5. The number of aromatic nitrogens is 3. The summed E-state index contributed by atoms with van der Waals surface area (Å²) in [4.78, 5) is 16.3. The molecule has 0 aliphatic rings. The van der Waals surface area contributed by atoms with Crippen LogP contribution in [-0.4, -0.2) is 34.3 Å². The predicted octanol–water partition coefficient (Wildman–Crippen LogP) is 1.65. The van der Waals surface area contributed by atoms with Crippen molar-refractivity contribution in [3.05, 3.63) is 28.0 Å². The van der Waals surface area contributed by atoms with E-state index in [4.69, 9.17) is 22.1 Å². The molecule has 2 heterocycles. The van der Waals surface area contributed by atoms with Crippen LogP contribution in [0.1, 0.15) is 16.2 Å². The number of nitrogen functional groups attached to an aromatic ring is 1. The van der Waals surface area contributed by atoms with Gasteiger partial charge in [-0.25, -0.2) is 4.98 Å². The summed E-state index contributed by atoms with van der Waals surface area (Å²) in [6.07, 6.45) is 1.62. The molecule has 0 unspecified atom stereocenters. The minimum Gasteiger partial charge on any atom is -0.383 e. The highest BCUT2D eigenvalue weighted by Gasteiger charge is 2.18. The molecule has 0 bridgehead atoms. The first kappa shape index (κ1) is 14.0. The number of methoxy groups -OCH3 is 1. The fourth-order valence-electron chi connectivity index (χ4n) is 1.64. The number of nitrogens with two attached hydrogens (primary N) is 1. The third-order valence-electron chi connectivity index (χ3n) is 2.48. The molecule has 2 N–H and O–H groups in total. The molecule has 0 atom stereocenters. The number of rotatable bonds is 6. The number of anilines is 1. The largest absolute Gasteiger partial charge is 0.383 e. The highest BCUT2D eigenvalue weighted by Crippen LogP contribution is 2.19. The van der Waals surface area contributed by atoms with Crippen molar-refractivity contribution in [1.29, 1.82) is 0 Å². The van der Waals surface area contributed by atoms with Crippen molar-refractivity contribution >= 4 is 33.9 Å². The maximum atomic E-state index is 12.2. The fourth-order valence-corrected chi connectivity index (χ4v) is 2.45. The molecular formula is C11H13ClN4O2S. The number of halogens is 1. The number of carbonyl (C=O) groups is 1. The van der Waals surface area contributed by atoms with Gasteiger partial charge in [-0.1, -0.05) is 11.6 Å². The molecule has 0 radical (unpaired) electrons. The molecule has 0 aromatic carbocycles. The van der Waals surface area contributed by atoms with Crippen LogP contribution in [0.4, 0.5) is 5.13 Å². The Morgan fingerprint density at radius 2 is 2.42 bits per heavy atom. The lowest BCUT2D eigenvalue weighted by Crippen LogP contribution is -2.15. The van der Waals surface area contributed by atoms with Gasteiger partial charge >= 0.3 is 0 Å². The van der Waals surface area contributed by atoms with Gasteiger partial charge in [0.05, 0.1) is 36.5 Å². The van der Waals surface area contributed by atoms with Gasteiger partial charge in [-0.05, 0) is 0 Å². The number of thiazole rings is 1. The third-order valence-corrected chi connectivity index (χ3v) is 3.48. The van der Waals surface area contributed by atoms with Crippen LogP contribution in [0, 0.1) is 0 Å². The normalized spacial score (nSPS) is 10.8. The first-order valence-electron chi connectivity index (χ1n) is 5.55. The van der Waals surface area contributed by atoms with E-state index in [1.54, 1.807) is 17.2 Å². The van der Waals surface area contributed by atoms with Crippen LogP contribution < -0.4 is 5.73 Å². The maximum absolute atomic E-state index is 12.2. The second kappa shape index (κ2) is 6.14. The monoisotopic (exact) mass is 300 g/mol. The van der Waals surface area contributed by atoms with Crippen molar-refractivity contribution in [2.24, 2.45) is 0 Å². The average molecular weight is 301 g/mol. The summed E-state index contributed by atoms with van der Waals surface area (Å²) < 4.78 is 6.51. The third kappa shape index (κ3) is 3.31. The summed E-state index contributed by atoms with van der Waals surface area (Å²) in [5, 5.41) is 6.61. The first-order chi connectivity index (χ1) is 9.11. The summed E-state index contributed by atoms with van der Waals surface area (Å²) in [7, 11) is 1.59. The van der Waals surface area contributed by atoms with Gasteiger partial charge in [0.15, 0.2) is 10.9 Å². The number of carbonyl (C=O) groups excluding carboxylic acids is 1. The SMILES string of the molecule is COCCn1ncc(Cl)c1C(=O)Cc1csc(N)n1. The standard InChI is InChI=1S/C11H13ClN4O2S/c1-18-3-2-16-10(8(12)5-14-16)9(17)4-7-6-19-11(13)15-7/h5-6H,2-4H2,1H3,(H2,13,15). The van der Waals surface area contributed by atoms with Crippen molar-refractivity contribution in [3.63, 3.8) is 0 Å². The Morgan fingerprint density at radius 3 is 3.05 bits per heavy atom. The van der Waals surface area contributed by atoms with E-state index in [1.165, 1.54) is 17.5 Å². The zero-order chi connectivity index (χ0) is 13.8. The number of hydrogen-bond donors (Lipinski definition) is 1. The Balaban J connectivity index is 2.16. The summed E-state index contributed by atoms with van der Waals surface area (Å²) in [5.74, 6) is -0.135. The summed E-state index contributed by atoms with van der Waals surface area (Å²) in [6, 6.07) is 0. The molecule has 102 valence electrons. The first-order valence-corrected chi connectivity index (χ1v) is 6.81. The Morgan fingerprint density at radius 1 is 1.63 bits per heavy atom. The van der Waals surface area contributed by atoms with E-state index in [0.717, 1.165) is 0 Å². The minimum atomic E-state index is -0.135.